The molecule has 0 atom stereocenters. The molecule has 0 bridgehead atoms. The molecule has 3 rings (SSSR count). The van der Waals surface area contributed by atoms with Crippen molar-refractivity contribution in [2.45, 2.75) is 24.8 Å². The number of rotatable bonds is 5. The zero-order valence-electron chi connectivity index (χ0n) is 15.4. The lowest BCUT2D eigenvalue weighted by molar-refractivity contribution is 0.242. The van der Waals surface area contributed by atoms with Crippen LogP contribution in [0.25, 0.3) is 0 Å². The first kappa shape index (κ1) is 19.1. The molecule has 0 radical (unpaired) electrons. The lowest BCUT2D eigenvalue weighted by atomic mass is 10.3. The summed E-state index contributed by atoms with van der Waals surface area (Å²) >= 11 is 0. The number of nitrogens with zero attached hydrogens (tertiary/aromatic N) is 4. The fourth-order valence-corrected chi connectivity index (χ4v) is 4.33. The van der Waals surface area contributed by atoms with Gasteiger partial charge in [-0.05, 0) is 50.2 Å². The van der Waals surface area contributed by atoms with Gasteiger partial charge < -0.3 is 9.64 Å². The molecule has 1 aliphatic heterocycles. The van der Waals surface area contributed by atoms with Crippen molar-refractivity contribution in [3.05, 3.63) is 48.2 Å². The Kier molecular flexibility index (Phi) is 5.63. The second kappa shape index (κ2) is 7.94. The molecule has 2 aromatic rings. The smallest absolute Gasteiger partial charge is 0.243 e. The van der Waals surface area contributed by atoms with Gasteiger partial charge in [0.2, 0.25) is 10.0 Å². The minimum Gasteiger partial charge on any atom is -0.491 e. The molecule has 0 aliphatic carbocycles. The van der Waals surface area contributed by atoms with Gasteiger partial charge in [0.1, 0.15) is 17.6 Å². The lowest BCUT2D eigenvalue weighted by Gasteiger charge is -2.34. The quantitative estimate of drug-likeness (QED) is 0.783. The van der Waals surface area contributed by atoms with Crippen LogP contribution in [0.4, 0.5) is 5.82 Å². The van der Waals surface area contributed by atoms with Crippen molar-refractivity contribution >= 4 is 15.8 Å². The molecular formula is C19H22N4O3S. The van der Waals surface area contributed by atoms with Crippen LogP contribution in [0, 0.1) is 11.3 Å². The molecule has 7 nitrogen and oxygen atoms in total. The molecule has 0 N–H and O–H groups in total. The first-order chi connectivity index (χ1) is 12.9. The zero-order valence-corrected chi connectivity index (χ0v) is 16.2. The van der Waals surface area contributed by atoms with Crippen LogP contribution in [-0.2, 0) is 10.0 Å². The van der Waals surface area contributed by atoms with Crippen LogP contribution >= 0.6 is 0 Å². The fourth-order valence-electron chi connectivity index (χ4n) is 2.91. The molecule has 1 aliphatic rings. The van der Waals surface area contributed by atoms with E-state index < -0.39 is 10.0 Å². The largest absolute Gasteiger partial charge is 0.491 e. The van der Waals surface area contributed by atoms with Crippen molar-refractivity contribution in [1.82, 2.24) is 9.29 Å². The molecule has 1 aromatic carbocycles. The van der Waals surface area contributed by atoms with E-state index in [2.05, 4.69) is 4.98 Å². The van der Waals surface area contributed by atoms with E-state index in [9.17, 15) is 8.42 Å². The molecule has 27 heavy (non-hydrogen) atoms. The highest BCUT2D eigenvalue weighted by Gasteiger charge is 2.28. The molecule has 0 amide bonds. The molecule has 0 unspecified atom stereocenters. The third-order valence-electron chi connectivity index (χ3n) is 4.27. The topological polar surface area (TPSA) is 86.5 Å². The van der Waals surface area contributed by atoms with Crippen LogP contribution in [0.3, 0.4) is 0 Å². The predicted molar refractivity (Wildman–Crippen MR) is 102 cm³/mol. The maximum Gasteiger partial charge on any atom is 0.243 e. The summed E-state index contributed by atoms with van der Waals surface area (Å²) in [4.78, 5) is 6.56. The Labute approximate surface area is 159 Å². The summed E-state index contributed by atoms with van der Waals surface area (Å²) in [6.45, 7) is 5.71. The number of sulfonamides is 1. The Morgan fingerprint density at radius 1 is 1.07 bits per heavy atom. The zero-order chi connectivity index (χ0) is 19.4. The second-order valence-corrected chi connectivity index (χ2v) is 8.48. The van der Waals surface area contributed by atoms with Crippen molar-refractivity contribution < 1.29 is 13.2 Å². The van der Waals surface area contributed by atoms with Crippen LogP contribution in [0.5, 0.6) is 5.75 Å². The number of hydrogen-bond acceptors (Lipinski definition) is 6. The Morgan fingerprint density at radius 2 is 1.74 bits per heavy atom. The summed E-state index contributed by atoms with van der Waals surface area (Å²) in [6.07, 6.45) is 1.57. The fraction of sp³-hybridized carbons (Fsp3) is 0.368. The number of hydrogen-bond donors (Lipinski definition) is 0. The van der Waals surface area contributed by atoms with E-state index in [0.29, 0.717) is 37.5 Å². The monoisotopic (exact) mass is 386 g/mol. The number of nitriles is 1. The van der Waals surface area contributed by atoms with Crippen LogP contribution in [0.2, 0.25) is 0 Å². The van der Waals surface area contributed by atoms with Crippen LogP contribution in [0.15, 0.2) is 47.5 Å². The molecule has 8 heteroatoms. The SMILES string of the molecule is CC(C)Oc1ccc(S(=O)(=O)N2CCN(c3ccc(C#N)cn3)CC2)cc1. The summed E-state index contributed by atoms with van der Waals surface area (Å²) < 4.78 is 32.8. The average Bonchev–Trinajstić information content (AvgIpc) is 2.68. The van der Waals surface area contributed by atoms with Gasteiger partial charge in [-0.1, -0.05) is 0 Å². The van der Waals surface area contributed by atoms with Crippen molar-refractivity contribution in [3.63, 3.8) is 0 Å². The maximum atomic E-state index is 12.9. The van der Waals surface area contributed by atoms with Gasteiger partial charge in [0, 0.05) is 32.4 Å². The van der Waals surface area contributed by atoms with Gasteiger partial charge in [0.25, 0.3) is 0 Å². The average molecular weight is 386 g/mol. The van der Waals surface area contributed by atoms with Gasteiger partial charge >= 0.3 is 0 Å². The van der Waals surface area contributed by atoms with E-state index in [1.54, 1.807) is 36.4 Å². The second-order valence-electron chi connectivity index (χ2n) is 6.55. The maximum absolute atomic E-state index is 12.9. The molecule has 2 heterocycles. The molecule has 142 valence electrons. The summed E-state index contributed by atoms with van der Waals surface area (Å²) in [7, 11) is -3.54. The van der Waals surface area contributed by atoms with Gasteiger partial charge in [-0.15, -0.1) is 0 Å². The molecule has 0 spiro atoms. The van der Waals surface area contributed by atoms with Crippen LogP contribution in [-0.4, -0.2) is 50.0 Å². The summed E-state index contributed by atoms with van der Waals surface area (Å²) in [6, 6.07) is 12.1. The van der Waals surface area contributed by atoms with Crippen LogP contribution < -0.4 is 9.64 Å². The first-order valence-electron chi connectivity index (χ1n) is 8.78. The third-order valence-corrected chi connectivity index (χ3v) is 6.19. The number of ether oxygens (including phenoxy) is 1. The summed E-state index contributed by atoms with van der Waals surface area (Å²) in [5.41, 5.74) is 0.504. The van der Waals surface area contributed by atoms with E-state index in [-0.39, 0.29) is 11.0 Å². The number of aromatic nitrogens is 1. The van der Waals surface area contributed by atoms with Gasteiger partial charge in [-0.2, -0.15) is 9.57 Å². The minimum atomic E-state index is -3.54. The van der Waals surface area contributed by atoms with E-state index >= 15 is 0 Å². The highest BCUT2D eigenvalue weighted by atomic mass is 32.2. The Balaban J connectivity index is 1.66. The van der Waals surface area contributed by atoms with E-state index in [0.717, 1.165) is 5.82 Å². The highest BCUT2D eigenvalue weighted by Crippen LogP contribution is 2.22. The van der Waals surface area contributed by atoms with Gasteiger partial charge in [0.15, 0.2) is 0 Å². The minimum absolute atomic E-state index is 0.0383. The lowest BCUT2D eigenvalue weighted by Crippen LogP contribution is -2.48. The predicted octanol–water partition coefficient (Wildman–Crippen LogP) is 2.25. The van der Waals surface area contributed by atoms with E-state index in [1.165, 1.54) is 10.5 Å². The normalized spacial score (nSPS) is 15.6. The van der Waals surface area contributed by atoms with E-state index in [1.807, 2.05) is 24.8 Å². The third kappa shape index (κ3) is 4.38. The van der Waals surface area contributed by atoms with Crippen molar-refractivity contribution in [2.24, 2.45) is 0 Å². The Hall–Kier alpha value is -2.63. The standard InChI is InChI=1S/C19H22N4O3S/c1-15(2)26-17-4-6-18(7-5-17)27(24,25)23-11-9-22(10-12-23)19-8-3-16(13-20)14-21-19/h3-8,14-15H,9-12H2,1-2H3. The molecule has 0 saturated carbocycles. The highest BCUT2D eigenvalue weighted by molar-refractivity contribution is 7.89. The van der Waals surface area contributed by atoms with Crippen molar-refractivity contribution in [3.8, 4) is 11.8 Å². The van der Waals surface area contributed by atoms with Crippen LogP contribution in [0.1, 0.15) is 19.4 Å². The molecule has 1 fully saturated rings. The summed E-state index contributed by atoms with van der Waals surface area (Å²) in [5.74, 6) is 1.40. The molecular weight excluding hydrogens is 364 g/mol. The van der Waals surface area contributed by atoms with Gasteiger partial charge in [-0.25, -0.2) is 13.4 Å². The summed E-state index contributed by atoms with van der Waals surface area (Å²) in [5, 5.41) is 8.85. The van der Waals surface area contributed by atoms with Crippen molar-refractivity contribution in [1.29, 1.82) is 5.26 Å². The van der Waals surface area contributed by atoms with Crippen molar-refractivity contribution in [2.75, 3.05) is 31.1 Å². The number of pyridine rings is 1. The first-order valence-corrected chi connectivity index (χ1v) is 10.2. The number of piperazine rings is 1. The molecule has 1 saturated heterocycles. The number of benzene rings is 1. The number of anilines is 1. The van der Waals surface area contributed by atoms with Gasteiger partial charge in [-0.3, -0.25) is 0 Å². The van der Waals surface area contributed by atoms with Gasteiger partial charge in [0.05, 0.1) is 16.6 Å². The molecule has 1 aromatic heterocycles. The Morgan fingerprint density at radius 3 is 2.26 bits per heavy atom. The van der Waals surface area contributed by atoms with E-state index in [4.69, 9.17) is 10.00 Å². The Bertz CT molecular complexity index is 911.